The van der Waals surface area contributed by atoms with E-state index >= 15 is 0 Å². The molecule has 0 aliphatic heterocycles. The van der Waals surface area contributed by atoms with Crippen LogP contribution in [0.15, 0.2) is 30.3 Å². The van der Waals surface area contributed by atoms with Crippen LogP contribution in [0.2, 0.25) is 0 Å². The SMILES string of the molecule is CO[C@@H](O)[C@@](C)(F)C(=O)c1ccccc1. The van der Waals surface area contributed by atoms with Crippen molar-refractivity contribution >= 4 is 5.78 Å². The Morgan fingerprint density at radius 2 is 2.00 bits per heavy atom. The first-order valence-corrected chi connectivity index (χ1v) is 4.49. The van der Waals surface area contributed by atoms with Gasteiger partial charge in [0, 0.05) is 12.7 Å². The Morgan fingerprint density at radius 3 is 2.47 bits per heavy atom. The Balaban J connectivity index is 2.94. The summed E-state index contributed by atoms with van der Waals surface area (Å²) < 4.78 is 18.3. The predicted octanol–water partition coefficient (Wildman–Crippen LogP) is 1.56. The molecule has 0 spiro atoms. The maximum absolute atomic E-state index is 13.8. The number of carbonyl (C=O) groups excluding carboxylic acids is 1. The Labute approximate surface area is 87.5 Å². The standard InChI is InChI=1S/C11H13FO3/c1-11(12,10(14)15-2)9(13)8-6-4-3-5-7-8/h3-7,10,14H,1-2H3/t10-,11+/m1/s1. The molecule has 15 heavy (non-hydrogen) atoms. The average molecular weight is 212 g/mol. The van der Waals surface area contributed by atoms with Crippen LogP contribution in [0.3, 0.4) is 0 Å². The number of alkyl halides is 1. The molecular formula is C11H13FO3. The highest BCUT2D eigenvalue weighted by Gasteiger charge is 2.41. The lowest BCUT2D eigenvalue weighted by Crippen LogP contribution is -2.43. The number of aliphatic hydroxyl groups is 1. The second-order valence-electron chi connectivity index (χ2n) is 3.36. The third kappa shape index (κ3) is 2.40. The smallest absolute Gasteiger partial charge is 0.220 e. The molecule has 1 aromatic carbocycles. The molecule has 2 atom stereocenters. The number of rotatable bonds is 4. The lowest BCUT2D eigenvalue weighted by molar-refractivity contribution is -0.143. The number of ether oxygens (including phenoxy) is 1. The number of methoxy groups -OCH3 is 1. The van der Waals surface area contributed by atoms with Crippen LogP contribution in [0.1, 0.15) is 17.3 Å². The van der Waals surface area contributed by atoms with E-state index in [0.717, 1.165) is 14.0 Å². The van der Waals surface area contributed by atoms with Crippen molar-refractivity contribution in [2.45, 2.75) is 18.9 Å². The van der Waals surface area contributed by atoms with E-state index in [-0.39, 0.29) is 5.56 Å². The molecule has 82 valence electrons. The Kier molecular flexibility index (Phi) is 3.55. The molecule has 0 aliphatic rings. The summed E-state index contributed by atoms with van der Waals surface area (Å²) in [6, 6.07) is 7.95. The van der Waals surface area contributed by atoms with Crippen LogP contribution in [0, 0.1) is 0 Å². The minimum atomic E-state index is -2.43. The summed E-state index contributed by atoms with van der Waals surface area (Å²) in [7, 11) is 1.14. The van der Waals surface area contributed by atoms with Crippen LogP contribution in [0.25, 0.3) is 0 Å². The van der Waals surface area contributed by atoms with Gasteiger partial charge < -0.3 is 9.84 Å². The van der Waals surface area contributed by atoms with Crippen molar-refractivity contribution in [2.75, 3.05) is 7.11 Å². The van der Waals surface area contributed by atoms with E-state index in [1.54, 1.807) is 18.2 Å². The van der Waals surface area contributed by atoms with Gasteiger partial charge in [0.15, 0.2) is 6.29 Å². The van der Waals surface area contributed by atoms with Gasteiger partial charge >= 0.3 is 0 Å². The van der Waals surface area contributed by atoms with Crippen LogP contribution in [-0.4, -0.2) is 30.0 Å². The van der Waals surface area contributed by atoms with Gasteiger partial charge in [-0.25, -0.2) is 4.39 Å². The van der Waals surface area contributed by atoms with E-state index in [4.69, 9.17) is 0 Å². The quantitative estimate of drug-likeness (QED) is 0.608. The number of hydrogen-bond acceptors (Lipinski definition) is 3. The van der Waals surface area contributed by atoms with Crippen molar-refractivity contribution in [1.82, 2.24) is 0 Å². The zero-order valence-electron chi connectivity index (χ0n) is 8.61. The lowest BCUT2D eigenvalue weighted by atomic mass is 9.96. The first kappa shape index (κ1) is 11.8. The van der Waals surface area contributed by atoms with E-state index < -0.39 is 17.7 Å². The minimum Gasteiger partial charge on any atom is -0.365 e. The van der Waals surface area contributed by atoms with Crippen LogP contribution in [0.4, 0.5) is 4.39 Å². The van der Waals surface area contributed by atoms with E-state index in [0.29, 0.717) is 0 Å². The van der Waals surface area contributed by atoms with Crippen molar-refractivity contribution in [3.05, 3.63) is 35.9 Å². The summed E-state index contributed by atoms with van der Waals surface area (Å²) in [5, 5.41) is 9.20. The van der Waals surface area contributed by atoms with Gasteiger partial charge in [-0.3, -0.25) is 4.79 Å². The number of Topliss-reactive ketones (excluding diaryl/α,β-unsaturated/α-hetero) is 1. The summed E-state index contributed by atoms with van der Waals surface area (Å²) in [6.07, 6.45) is -1.76. The van der Waals surface area contributed by atoms with Crippen molar-refractivity contribution in [3.63, 3.8) is 0 Å². The largest absolute Gasteiger partial charge is 0.365 e. The topological polar surface area (TPSA) is 46.5 Å². The molecule has 1 rings (SSSR count). The molecule has 0 bridgehead atoms. The number of benzene rings is 1. The van der Waals surface area contributed by atoms with Gasteiger partial charge in [0.2, 0.25) is 11.5 Å². The molecule has 0 saturated heterocycles. The molecule has 0 radical (unpaired) electrons. The highest BCUT2D eigenvalue weighted by Crippen LogP contribution is 2.22. The number of halogens is 1. The minimum absolute atomic E-state index is 0.207. The summed E-state index contributed by atoms with van der Waals surface area (Å²) in [4.78, 5) is 11.7. The molecule has 0 aromatic heterocycles. The summed E-state index contributed by atoms with van der Waals surface area (Å²) in [5.41, 5.74) is -2.23. The highest BCUT2D eigenvalue weighted by atomic mass is 19.1. The Hall–Kier alpha value is -1.26. The first-order valence-electron chi connectivity index (χ1n) is 4.49. The third-order valence-corrected chi connectivity index (χ3v) is 2.17. The zero-order chi connectivity index (χ0) is 11.5. The van der Waals surface area contributed by atoms with Crippen molar-refractivity contribution in [1.29, 1.82) is 0 Å². The molecule has 3 nitrogen and oxygen atoms in total. The summed E-state index contributed by atoms with van der Waals surface area (Å²) in [5.74, 6) is -0.794. The molecule has 0 aliphatic carbocycles. The fraction of sp³-hybridized carbons (Fsp3) is 0.364. The highest BCUT2D eigenvalue weighted by molar-refractivity contribution is 6.02. The van der Waals surface area contributed by atoms with Gasteiger partial charge in [0.1, 0.15) is 0 Å². The summed E-state index contributed by atoms with van der Waals surface area (Å²) in [6.45, 7) is 0.997. The summed E-state index contributed by atoms with van der Waals surface area (Å²) >= 11 is 0. The molecule has 1 aromatic rings. The van der Waals surface area contributed by atoms with Gasteiger partial charge in [-0.2, -0.15) is 0 Å². The van der Waals surface area contributed by atoms with Gasteiger partial charge in [-0.1, -0.05) is 30.3 Å². The van der Waals surface area contributed by atoms with Crippen LogP contribution >= 0.6 is 0 Å². The molecule has 0 heterocycles. The fourth-order valence-electron chi connectivity index (χ4n) is 1.21. The number of carbonyl (C=O) groups is 1. The monoisotopic (exact) mass is 212 g/mol. The molecule has 0 fully saturated rings. The van der Waals surface area contributed by atoms with E-state index in [1.165, 1.54) is 12.1 Å². The molecule has 0 unspecified atom stereocenters. The van der Waals surface area contributed by atoms with Crippen LogP contribution in [-0.2, 0) is 4.74 Å². The number of hydrogen-bond donors (Lipinski definition) is 1. The maximum Gasteiger partial charge on any atom is 0.220 e. The molecule has 4 heteroatoms. The van der Waals surface area contributed by atoms with Crippen molar-refractivity contribution in [2.24, 2.45) is 0 Å². The lowest BCUT2D eigenvalue weighted by Gasteiger charge is -2.23. The molecular weight excluding hydrogens is 199 g/mol. The maximum atomic E-state index is 13.8. The normalized spacial score (nSPS) is 16.8. The number of ketones is 1. The van der Waals surface area contributed by atoms with Gasteiger partial charge in [-0.05, 0) is 6.92 Å². The van der Waals surface area contributed by atoms with Gasteiger partial charge in [0.25, 0.3) is 0 Å². The molecule has 0 saturated carbocycles. The molecule has 0 amide bonds. The zero-order valence-corrected chi connectivity index (χ0v) is 8.61. The third-order valence-electron chi connectivity index (χ3n) is 2.17. The van der Waals surface area contributed by atoms with Crippen LogP contribution < -0.4 is 0 Å². The second kappa shape index (κ2) is 4.51. The van der Waals surface area contributed by atoms with Gasteiger partial charge in [-0.15, -0.1) is 0 Å². The Morgan fingerprint density at radius 1 is 1.47 bits per heavy atom. The van der Waals surface area contributed by atoms with E-state index in [1.807, 2.05) is 0 Å². The average Bonchev–Trinajstić information content (AvgIpc) is 2.28. The predicted molar refractivity (Wildman–Crippen MR) is 53.3 cm³/mol. The van der Waals surface area contributed by atoms with Crippen molar-refractivity contribution < 1.29 is 19.0 Å². The van der Waals surface area contributed by atoms with Gasteiger partial charge in [0.05, 0.1) is 0 Å². The first-order chi connectivity index (χ1) is 7.00. The Bertz CT molecular complexity index is 335. The second-order valence-corrected chi connectivity index (χ2v) is 3.36. The van der Waals surface area contributed by atoms with E-state index in [9.17, 15) is 14.3 Å². The van der Waals surface area contributed by atoms with Crippen LogP contribution in [0.5, 0.6) is 0 Å². The fourth-order valence-corrected chi connectivity index (χ4v) is 1.21. The number of aliphatic hydroxyl groups excluding tert-OH is 1. The van der Waals surface area contributed by atoms with E-state index in [2.05, 4.69) is 4.74 Å². The van der Waals surface area contributed by atoms with Crippen molar-refractivity contribution in [3.8, 4) is 0 Å². The molecule has 1 N–H and O–H groups in total.